The second-order valence-electron chi connectivity index (χ2n) is 1.24. The van der Waals surface area contributed by atoms with Crippen molar-refractivity contribution in [1.29, 1.82) is 0 Å². The molecule has 0 saturated heterocycles. The monoisotopic (exact) mass is 223 g/mol. The van der Waals surface area contributed by atoms with Crippen molar-refractivity contribution in [3.05, 3.63) is 3.92 Å². The number of carbonyl (C=O) groups excluding carboxylic acids is 1. The Bertz CT molecular complexity index is 250. The molecule has 0 saturated carbocycles. The van der Waals surface area contributed by atoms with Gasteiger partial charge in [-0.05, 0) is 27.3 Å². The molecule has 0 spiro atoms. The van der Waals surface area contributed by atoms with Crippen molar-refractivity contribution in [1.82, 2.24) is 10.2 Å². The Morgan fingerprint density at radius 2 is 2.40 bits per heavy atom. The molecule has 1 aromatic rings. The third-order valence-corrected chi connectivity index (χ3v) is 1.80. The average Bonchev–Trinajstić information content (AvgIpc) is 2.13. The molecule has 5 nitrogen and oxygen atoms in total. The van der Waals surface area contributed by atoms with E-state index in [1.54, 1.807) is 0 Å². The topological polar surface area (TPSA) is 78.1 Å². The van der Waals surface area contributed by atoms with Crippen molar-refractivity contribution in [2.75, 3.05) is 0 Å². The number of amides is 1. The highest BCUT2D eigenvalue weighted by Gasteiger charge is 2.03. The first-order valence-electron chi connectivity index (χ1n) is 2.15. The van der Waals surface area contributed by atoms with Crippen molar-refractivity contribution in [3.63, 3.8) is 0 Å². The zero-order valence-corrected chi connectivity index (χ0v) is 6.98. The summed E-state index contributed by atoms with van der Waals surface area (Å²) < 4.78 is 4.93. The number of ether oxygens (including phenoxy) is 1. The van der Waals surface area contributed by atoms with Crippen molar-refractivity contribution in [3.8, 4) is 5.19 Å². The van der Waals surface area contributed by atoms with Gasteiger partial charge in [0.15, 0.2) is 3.92 Å². The standard InChI is InChI=1S/C3H2BrN3O2S/c4-1-6-7-3(10-1)9-2(5)8/h(H2,5,8). The van der Waals surface area contributed by atoms with Crippen LogP contribution < -0.4 is 10.5 Å². The Labute approximate surface area is 68.3 Å². The second kappa shape index (κ2) is 2.93. The summed E-state index contributed by atoms with van der Waals surface area (Å²) in [5.74, 6) is 0. The van der Waals surface area contributed by atoms with E-state index in [2.05, 4.69) is 30.9 Å². The van der Waals surface area contributed by atoms with E-state index in [4.69, 9.17) is 5.73 Å². The molecule has 0 aliphatic heterocycles. The molecule has 0 aromatic carbocycles. The molecule has 0 aliphatic carbocycles. The molecule has 1 aromatic heterocycles. The van der Waals surface area contributed by atoms with Crippen molar-refractivity contribution in [2.45, 2.75) is 0 Å². The largest absolute Gasteiger partial charge is 0.411 e. The van der Waals surface area contributed by atoms with Gasteiger partial charge < -0.3 is 10.5 Å². The van der Waals surface area contributed by atoms with Crippen LogP contribution in [0.2, 0.25) is 0 Å². The number of hydrogen-bond donors (Lipinski definition) is 1. The lowest BCUT2D eigenvalue weighted by Crippen LogP contribution is -2.15. The van der Waals surface area contributed by atoms with Crippen LogP contribution in [0.25, 0.3) is 0 Å². The second-order valence-corrected chi connectivity index (χ2v) is 3.46. The fourth-order valence-corrected chi connectivity index (χ4v) is 1.25. The summed E-state index contributed by atoms with van der Waals surface area (Å²) in [4.78, 5) is 10.1. The van der Waals surface area contributed by atoms with E-state index in [-0.39, 0.29) is 5.19 Å². The molecule has 1 heterocycles. The minimum absolute atomic E-state index is 0.138. The van der Waals surface area contributed by atoms with Crippen LogP contribution in [0.5, 0.6) is 5.19 Å². The van der Waals surface area contributed by atoms with Gasteiger partial charge in [0.1, 0.15) is 0 Å². The van der Waals surface area contributed by atoms with Crippen LogP contribution in [0.3, 0.4) is 0 Å². The average molecular weight is 224 g/mol. The van der Waals surface area contributed by atoms with Gasteiger partial charge in [-0.25, -0.2) is 4.79 Å². The zero-order valence-electron chi connectivity index (χ0n) is 4.57. The van der Waals surface area contributed by atoms with Gasteiger partial charge in [-0.1, -0.05) is 5.10 Å². The number of aromatic nitrogens is 2. The predicted octanol–water partition coefficient (Wildman–Crippen LogP) is 0.758. The molecule has 54 valence electrons. The van der Waals surface area contributed by atoms with Crippen LogP contribution in [-0.4, -0.2) is 16.3 Å². The highest BCUT2D eigenvalue weighted by Crippen LogP contribution is 2.21. The zero-order chi connectivity index (χ0) is 7.56. The fraction of sp³-hybridized carbons (Fsp3) is 0. The maximum Gasteiger partial charge on any atom is 0.411 e. The summed E-state index contributed by atoms with van der Waals surface area (Å²) in [6.07, 6.45) is -0.886. The van der Waals surface area contributed by atoms with E-state index in [1.807, 2.05) is 0 Å². The summed E-state index contributed by atoms with van der Waals surface area (Å²) in [7, 11) is 0. The van der Waals surface area contributed by atoms with Gasteiger partial charge in [0.05, 0.1) is 0 Å². The fourth-order valence-electron chi connectivity index (χ4n) is 0.320. The van der Waals surface area contributed by atoms with Crippen molar-refractivity contribution < 1.29 is 9.53 Å². The first-order valence-corrected chi connectivity index (χ1v) is 3.75. The first kappa shape index (κ1) is 7.42. The number of hydrogen-bond acceptors (Lipinski definition) is 5. The smallest absolute Gasteiger partial charge is 0.380 e. The summed E-state index contributed by atoms with van der Waals surface area (Å²) >= 11 is 4.12. The molecule has 0 radical (unpaired) electrons. The molecular weight excluding hydrogens is 222 g/mol. The van der Waals surface area contributed by atoms with Crippen LogP contribution >= 0.6 is 27.3 Å². The lowest BCUT2D eigenvalue weighted by atomic mass is 11.2. The van der Waals surface area contributed by atoms with Gasteiger partial charge in [-0.3, -0.25) is 0 Å². The lowest BCUT2D eigenvalue weighted by Gasteiger charge is -1.88. The SMILES string of the molecule is NC(=O)Oc1nnc(Br)s1. The Hall–Kier alpha value is -0.690. The third kappa shape index (κ3) is 1.92. The summed E-state index contributed by atoms with van der Waals surface area (Å²) in [6, 6.07) is 0. The van der Waals surface area contributed by atoms with Gasteiger partial charge in [0, 0.05) is 0 Å². The Balaban J connectivity index is 2.67. The number of nitrogens with zero attached hydrogens (tertiary/aromatic N) is 2. The van der Waals surface area contributed by atoms with Crippen molar-refractivity contribution in [2.24, 2.45) is 5.73 Å². The quantitative estimate of drug-likeness (QED) is 0.763. The number of carbonyl (C=O) groups is 1. The molecule has 2 N–H and O–H groups in total. The molecule has 0 unspecified atom stereocenters. The molecule has 1 rings (SSSR count). The van der Waals surface area contributed by atoms with Gasteiger partial charge in [0.2, 0.25) is 0 Å². The van der Waals surface area contributed by atoms with Gasteiger partial charge in [0.25, 0.3) is 0 Å². The molecule has 0 aliphatic rings. The molecule has 0 bridgehead atoms. The number of rotatable bonds is 1. The highest BCUT2D eigenvalue weighted by molar-refractivity contribution is 9.11. The Morgan fingerprint density at radius 1 is 1.70 bits per heavy atom. The van der Waals surface area contributed by atoms with E-state index < -0.39 is 6.09 Å². The van der Waals surface area contributed by atoms with Crippen LogP contribution in [0.15, 0.2) is 3.92 Å². The third-order valence-electron chi connectivity index (χ3n) is 0.570. The van der Waals surface area contributed by atoms with Crippen LogP contribution in [0, 0.1) is 0 Å². The molecule has 0 atom stereocenters. The number of primary amides is 1. The highest BCUT2D eigenvalue weighted by atomic mass is 79.9. The normalized spacial score (nSPS) is 9.30. The molecule has 0 fully saturated rings. The van der Waals surface area contributed by atoms with Crippen LogP contribution in [0.1, 0.15) is 0 Å². The van der Waals surface area contributed by atoms with E-state index >= 15 is 0 Å². The molecular formula is C3H2BrN3O2S. The maximum atomic E-state index is 10.1. The maximum absolute atomic E-state index is 10.1. The number of nitrogens with two attached hydrogens (primary N) is 1. The summed E-state index contributed by atoms with van der Waals surface area (Å²) in [5.41, 5.74) is 4.70. The number of halogens is 1. The first-order chi connectivity index (χ1) is 4.68. The van der Waals surface area contributed by atoms with E-state index in [0.29, 0.717) is 3.92 Å². The van der Waals surface area contributed by atoms with E-state index in [0.717, 1.165) is 11.3 Å². The Morgan fingerprint density at radius 3 is 2.80 bits per heavy atom. The van der Waals surface area contributed by atoms with Gasteiger partial charge in [-0.15, -0.1) is 5.10 Å². The predicted molar refractivity (Wildman–Crippen MR) is 37.8 cm³/mol. The van der Waals surface area contributed by atoms with Gasteiger partial charge in [-0.2, -0.15) is 0 Å². The minimum atomic E-state index is -0.886. The molecule has 1 amide bonds. The van der Waals surface area contributed by atoms with E-state index in [1.165, 1.54) is 0 Å². The molecule has 10 heavy (non-hydrogen) atoms. The van der Waals surface area contributed by atoms with Crippen molar-refractivity contribution >= 4 is 33.4 Å². The summed E-state index contributed by atoms with van der Waals surface area (Å²) in [5, 5.41) is 7.11. The van der Waals surface area contributed by atoms with Crippen LogP contribution in [-0.2, 0) is 0 Å². The minimum Gasteiger partial charge on any atom is -0.380 e. The lowest BCUT2D eigenvalue weighted by molar-refractivity contribution is 0.210. The molecule has 7 heteroatoms. The Kier molecular flexibility index (Phi) is 2.17. The van der Waals surface area contributed by atoms with Gasteiger partial charge >= 0.3 is 11.3 Å². The van der Waals surface area contributed by atoms with Crippen LogP contribution in [0.4, 0.5) is 4.79 Å². The van der Waals surface area contributed by atoms with E-state index in [9.17, 15) is 4.79 Å². The summed E-state index contributed by atoms with van der Waals surface area (Å²) in [6.45, 7) is 0.